The second kappa shape index (κ2) is 9.19. The molecule has 1 amide bonds. The van der Waals surface area contributed by atoms with E-state index in [-0.39, 0.29) is 30.1 Å². The first kappa shape index (κ1) is 20.3. The predicted molar refractivity (Wildman–Crippen MR) is 113 cm³/mol. The van der Waals surface area contributed by atoms with Crippen LogP contribution in [-0.2, 0) is 11.2 Å². The van der Waals surface area contributed by atoms with E-state index < -0.39 is 0 Å². The van der Waals surface area contributed by atoms with Crippen molar-refractivity contribution in [3.05, 3.63) is 75.6 Å². The van der Waals surface area contributed by atoms with Crippen LogP contribution >= 0.6 is 0 Å². The lowest BCUT2D eigenvalue weighted by atomic mass is 10.1. The van der Waals surface area contributed by atoms with E-state index in [0.29, 0.717) is 29.8 Å². The van der Waals surface area contributed by atoms with Gasteiger partial charge in [-0.15, -0.1) is 0 Å². The van der Waals surface area contributed by atoms with Gasteiger partial charge in [-0.25, -0.2) is 0 Å². The van der Waals surface area contributed by atoms with Gasteiger partial charge in [-0.2, -0.15) is 0 Å². The quantitative estimate of drug-likeness (QED) is 0.577. The number of aryl methyl sites for hydroxylation is 1. The number of aromatic amines is 1. The molecule has 0 atom stereocenters. The Labute approximate surface area is 168 Å². The maximum atomic E-state index is 12.2. The number of ketones is 1. The summed E-state index contributed by atoms with van der Waals surface area (Å²) >= 11 is 0. The van der Waals surface area contributed by atoms with Crippen LogP contribution < -0.4 is 15.6 Å². The minimum atomic E-state index is -0.208. The van der Waals surface area contributed by atoms with Crippen molar-refractivity contribution < 1.29 is 14.3 Å². The molecule has 1 aromatic heterocycles. The number of hydrogen-bond donors (Lipinski definition) is 2. The maximum absolute atomic E-state index is 12.2. The maximum Gasteiger partial charge on any atom is 0.251 e. The second-order valence-corrected chi connectivity index (χ2v) is 6.97. The zero-order valence-electron chi connectivity index (χ0n) is 16.6. The van der Waals surface area contributed by atoms with Crippen molar-refractivity contribution in [2.45, 2.75) is 26.2 Å². The van der Waals surface area contributed by atoms with Gasteiger partial charge in [-0.1, -0.05) is 11.6 Å². The average Bonchev–Trinajstić information content (AvgIpc) is 2.72. The summed E-state index contributed by atoms with van der Waals surface area (Å²) in [5.41, 5.74) is 2.94. The van der Waals surface area contributed by atoms with Crippen molar-refractivity contribution >= 4 is 22.6 Å². The molecule has 0 fully saturated rings. The lowest BCUT2D eigenvalue weighted by Crippen LogP contribution is -2.27. The smallest absolute Gasteiger partial charge is 0.251 e. The number of nitrogens with one attached hydrogen (secondary N) is 2. The van der Waals surface area contributed by atoms with E-state index in [1.165, 1.54) is 0 Å². The minimum Gasteiger partial charge on any atom is -0.497 e. The van der Waals surface area contributed by atoms with Gasteiger partial charge in [0.1, 0.15) is 5.75 Å². The largest absolute Gasteiger partial charge is 0.497 e. The van der Waals surface area contributed by atoms with Crippen LogP contribution in [0.15, 0.2) is 53.3 Å². The Bertz CT molecular complexity index is 1080. The lowest BCUT2D eigenvalue weighted by molar-refractivity contribution is -0.121. The standard InChI is InChI=1S/C23H24N2O4/c1-15-3-8-20-18(13-15)14-17(23(28)25-20)11-12-24-22(27)10-9-21(26)16-4-6-19(29-2)7-5-16/h3-8,13-14H,9-12H2,1-2H3,(H,24,27)(H,25,28). The van der Waals surface area contributed by atoms with Gasteiger partial charge in [-0.3, -0.25) is 14.4 Å². The number of pyridine rings is 1. The predicted octanol–water partition coefficient (Wildman–Crippen LogP) is 3.17. The highest BCUT2D eigenvalue weighted by Crippen LogP contribution is 2.14. The van der Waals surface area contributed by atoms with E-state index in [2.05, 4.69) is 10.3 Å². The number of benzene rings is 2. The van der Waals surface area contributed by atoms with E-state index in [1.807, 2.05) is 31.2 Å². The van der Waals surface area contributed by atoms with Crippen LogP contribution in [0.25, 0.3) is 10.9 Å². The number of ether oxygens (including phenoxy) is 1. The molecule has 0 aliphatic heterocycles. The molecule has 0 aliphatic rings. The van der Waals surface area contributed by atoms with Crippen molar-refractivity contribution in [1.29, 1.82) is 0 Å². The van der Waals surface area contributed by atoms with Gasteiger partial charge >= 0.3 is 0 Å². The summed E-state index contributed by atoms with van der Waals surface area (Å²) < 4.78 is 5.07. The summed E-state index contributed by atoms with van der Waals surface area (Å²) in [5.74, 6) is 0.377. The number of carbonyl (C=O) groups is 2. The number of rotatable bonds is 8. The van der Waals surface area contributed by atoms with Gasteiger partial charge in [0.2, 0.25) is 5.91 Å². The summed E-state index contributed by atoms with van der Waals surface area (Å²) in [6, 6.07) is 14.5. The van der Waals surface area contributed by atoms with Crippen LogP contribution in [-0.4, -0.2) is 30.3 Å². The molecule has 6 heteroatoms. The average molecular weight is 392 g/mol. The van der Waals surface area contributed by atoms with Crippen molar-refractivity contribution in [2.75, 3.05) is 13.7 Å². The Morgan fingerprint density at radius 3 is 2.52 bits per heavy atom. The topological polar surface area (TPSA) is 88.3 Å². The molecule has 3 aromatic rings. The number of Topliss-reactive ketones (excluding diaryl/α,β-unsaturated/α-hetero) is 1. The fourth-order valence-corrected chi connectivity index (χ4v) is 3.13. The van der Waals surface area contributed by atoms with Crippen LogP contribution in [0.5, 0.6) is 5.75 Å². The summed E-state index contributed by atoms with van der Waals surface area (Å²) in [7, 11) is 1.56. The number of carbonyl (C=O) groups excluding carboxylic acids is 2. The van der Waals surface area contributed by atoms with Gasteiger partial charge in [-0.05, 0) is 61.2 Å². The molecule has 1 heterocycles. The number of fused-ring (bicyclic) bond motifs is 1. The Hall–Kier alpha value is -3.41. The van der Waals surface area contributed by atoms with E-state index in [0.717, 1.165) is 16.5 Å². The molecule has 0 spiro atoms. The third-order valence-corrected chi connectivity index (χ3v) is 4.78. The van der Waals surface area contributed by atoms with Gasteiger partial charge in [0, 0.05) is 36.0 Å². The fraction of sp³-hybridized carbons (Fsp3) is 0.261. The highest BCUT2D eigenvalue weighted by atomic mass is 16.5. The molecule has 3 rings (SSSR count). The highest BCUT2D eigenvalue weighted by Gasteiger charge is 2.10. The van der Waals surface area contributed by atoms with Crippen LogP contribution in [0.1, 0.15) is 34.3 Å². The van der Waals surface area contributed by atoms with E-state index in [4.69, 9.17) is 4.74 Å². The molecule has 29 heavy (non-hydrogen) atoms. The molecule has 0 saturated carbocycles. The number of methoxy groups -OCH3 is 1. The minimum absolute atomic E-state index is 0.0934. The van der Waals surface area contributed by atoms with Crippen molar-refractivity contribution in [3.63, 3.8) is 0 Å². The highest BCUT2D eigenvalue weighted by molar-refractivity contribution is 5.98. The normalized spacial score (nSPS) is 10.7. The van der Waals surface area contributed by atoms with Crippen LogP contribution in [0.3, 0.4) is 0 Å². The molecule has 0 bridgehead atoms. The van der Waals surface area contributed by atoms with Crippen molar-refractivity contribution in [2.24, 2.45) is 0 Å². The van der Waals surface area contributed by atoms with Crippen molar-refractivity contribution in [3.8, 4) is 5.75 Å². The van der Waals surface area contributed by atoms with E-state index >= 15 is 0 Å². The Kier molecular flexibility index (Phi) is 6.44. The zero-order valence-corrected chi connectivity index (χ0v) is 16.6. The molecule has 2 N–H and O–H groups in total. The Morgan fingerprint density at radius 2 is 1.79 bits per heavy atom. The Balaban J connectivity index is 1.49. The van der Waals surface area contributed by atoms with Gasteiger partial charge in [0.15, 0.2) is 5.78 Å². The van der Waals surface area contributed by atoms with Gasteiger partial charge in [0.05, 0.1) is 7.11 Å². The number of hydrogen-bond acceptors (Lipinski definition) is 4. The molecular weight excluding hydrogens is 368 g/mol. The molecule has 0 radical (unpaired) electrons. The van der Waals surface area contributed by atoms with Crippen molar-refractivity contribution in [1.82, 2.24) is 10.3 Å². The third-order valence-electron chi connectivity index (χ3n) is 4.78. The number of aromatic nitrogens is 1. The first-order valence-corrected chi connectivity index (χ1v) is 9.53. The number of H-pyrrole nitrogens is 1. The molecule has 150 valence electrons. The zero-order chi connectivity index (χ0) is 20.8. The fourth-order valence-electron chi connectivity index (χ4n) is 3.13. The number of amides is 1. The van der Waals surface area contributed by atoms with Crippen LogP contribution in [0.4, 0.5) is 0 Å². The molecule has 6 nitrogen and oxygen atoms in total. The summed E-state index contributed by atoms with van der Waals surface area (Å²) in [6.45, 7) is 2.34. The third kappa shape index (κ3) is 5.31. The molecule has 2 aromatic carbocycles. The Morgan fingerprint density at radius 1 is 1.03 bits per heavy atom. The summed E-state index contributed by atoms with van der Waals surface area (Å²) in [5, 5.41) is 3.75. The van der Waals surface area contributed by atoms with Crippen LogP contribution in [0, 0.1) is 6.92 Å². The molecule has 0 aliphatic carbocycles. The summed E-state index contributed by atoms with van der Waals surface area (Å²) in [6.07, 6.45) is 0.670. The second-order valence-electron chi connectivity index (χ2n) is 6.97. The molecular formula is C23H24N2O4. The monoisotopic (exact) mass is 392 g/mol. The van der Waals surface area contributed by atoms with E-state index in [1.54, 1.807) is 31.4 Å². The summed E-state index contributed by atoms with van der Waals surface area (Å²) in [4.78, 5) is 39.3. The van der Waals surface area contributed by atoms with Crippen LogP contribution in [0.2, 0.25) is 0 Å². The van der Waals surface area contributed by atoms with E-state index in [9.17, 15) is 14.4 Å². The lowest BCUT2D eigenvalue weighted by Gasteiger charge is -2.07. The first-order chi connectivity index (χ1) is 14.0. The van der Waals surface area contributed by atoms with Gasteiger partial charge in [0.25, 0.3) is 5.56 Å². The SMILES string of the molecule is COc1ccc(C(=O)CCC(=O)NCCc2cc3cc(C)ccc3[nH]c2=O)cc1. The molecule has 0 saturated heterocycles. The molecule has 0 unspecified atom stereocenters. The van der Waals surface area contributed by atoms with Gasteiger partial charge < -0.3 is 15.0 Å². The first-order valence-electron chi connectivity index (χ1n) is 9.53.